The Balaban J connectivity index is 2.64. The fraction of sp³-hybridized carbons (Fsp3) is 0.533. The van der Waals surface area contributed by atoms with E-state index in [2.05, 4.69) is 36.5 Å². The molecule has 0 radical (unpaired) electrons. The second-order valence-corrected chi connectivity index (χ2v) is 4.57. The smallest absolute Gasteiger partial charge is 0.129 e. The van der Waals surface area contributed by atoms with Crippen LogP contribution in [0.25, 0.3) is 0 Å². The summed E-state index contributed by atoms with van der Waals surface area (Å²) in [6.07, 6.45) is 3.83. The van der Waals surface area contributed by atoms with Crippen LogP contribution in [0.2, 0.25) is 0 Å². The minimum atomic E-state index is 0.257. The summed E-state index contributed by atoms with van der Waals surface area (Å²) in [6.45, 7) is 3.84. The molecule has 94 valence electrons. The highest BCUT2D eigenvalue weighted by molar-refractivity contribution is 5.75. The van der Waals surface area contributed by atoms with Crippen LogP contribution >= 0.6 is 0 Å². The Morgan fingerprint density at radius 1 is 1.29 bits per heavy atom. The van der Waals surface area contributed by atoms with Crippen molar-refractivity contribution in [2.24, 2.45) is 0 Å². The fourth-order valence-electron chi connectivity index (χ4n) is 2.03. The Hall–Kier alpha value is -1.15. The molecule has 1 unspecified atom stereocenters. The van der Waals surface area contributed by atoms with Gasteiger partial charge in [-0.2, -0.15) is 0 Å². The summed E-state index contributed by atoms with van der Waals surface area (Å²) in [5.74, 6) is 0.257. The zero-order valence-corrected chi connectivity index (χ0v) is 11.1. The molecule has 0 aromatic heterocycles. The van der Waals surface area contributed by atoms with E-state index in [1.165, 1.54) is 17.5 Å². The molecule has 0 spiro atoms. The summed E-state index contributed by atoms with van der Waals surface area (Å²) in [4.78, 5) is 11.0. The first-order chi connectivity index (χ1) is 8.17. The van der Waals surface area contributed by atoms with Gasteiger partial charge in [0.25, 0.3) is 0 Å². The van der Waals surface area contributed by atoms with Crippen LogP contribution in [-0.2, 0) is 11.2 Å². The van der Waals surface area contributed by atoms with Gasteiger partial charge >= 0.3 is 0 Å². The van der Waals surface area contributed by atoms with Crippen LogP contribution in [0.1, 0.15) is 50.3 Å². The maximum atomic E-state index is 11.0. The molecule has 0 bridgehead atoms. The third kappa shape index (κ3) is 4.70. The van der Waals surface area contributed by atoms with Gasteiger partial charge in [-0.3, -0.25) is 0 Å². The van der Waals surface area contributed by atoms with Gasteiger partial charge in [0.1, 0.15) is 5.78 Å². The number of carbonyl (C=O) groups excluding carboxylic acids is 1. The number of carbonyl (C=O) groups is 1. The number of nitrogens with one attached hydrogen (secondary N) is 1. The molecule has 1 N–H and O–H groups in total. The molecule has 0 aliphatic rings. The van der Waals surface area contributed by atoms with Crippen LogP contribution in [-0.4, -0.2) is 12.8 Å². The summed E-state index contributed by atoms with van der Waals surface area (Å²) < 4.78 is 0. The van der Waals surface area contributed by atoms with E-state index in [4.69, 9.17) is 0 Å². The molecule has 0 fully saturated rings. The van der Waals surface area contributed by atoms with E-state index >= 15 is 0 Å². The monoisotopic (exact) mass is 233 g/mol. The number of hydrogen-bond donors (Lipinski definition) is 1. The zero-order chi connectivity index (χ0) is 12.7. The summed E-state index contributed by atoms with van der Waals surface area (Å²) in [6, 6.07) is 9.02. The molecule has 0 aliphatic carbocycles. The van der Waals surface area contributed by atoms with E-state index in [1.807, 2.05) is 7.05 Å². The van der Waals surface area contributed by atoms with E-state index in [-0.39, 0.29) is 11.8 Å². The number of rotatable bonds is 7. The van der Waals surface area contributed by atoms with Crippen molar-refractivity contribution < 1.29 is 4.79 Å². The van der Waals surface area contributed by atoms with Crippen LogP contribution in [0.5, 0.6) is 0 Å². The number of Topliss-reactive ketones (excluding diaryl/α,β-unsaturated/α-hetero) is 1. The SMILES string of the molecule is CCCc1ccc(C(CCC(C)=O)NC)cc1. The number of ketones is 1. The molecule has 2 heteroatoms. The highest BCUT2D eigenvalue weighted by Crippen LogP contribution is 2.19. The summed E-state index contributed by atoms with van der Waals surface area (Å²) in [5.41, 5.74) is 2.66. The van der Waals surface area contributed by atoms with Crippen molar-refractivity contribution >= 4 is 5.78 Å². The lowest BCUT2D eigenvalue weighted by Gasteiger charge is -2.16. The predicted octanol–water partition coefficient (Wildman–Crippen LogP) is 3.27. The van der Waals surface area contributed by atoms with Gasteiger partial charge in [0.15, 0.2) is 0 Å². The second kappa shape index (κ2) is 7.23. The maximum absolute atomic E-state index is 11.0. The Morgan fingerprint density at radius 2 is 1.94 bits per heavy atom. The second-order valence-electron chi connectivity index (χ2n) is 4.57. The molecule has 0 saturated carbocycles. The van der Waals surface area contributed by atoms with Gasteiger partial charge in [-0.15, -0.1) is 0 Å². The molecule has 0 heterocycles. The molecule has 1 aromatic rings. The quantitative estimate of drug-likeness (QED) is 0.783. The molecule has 2 nitrogen and oxygen atoms in total. The highest BCUT2D eigenvalue weighted by Gasteiger charge is 2.09. The Kier molecular flexibility index (Phi) is 5.92. The number of benzene rings is 1. The fourth-order valence-corrected chi connectivity index (χ4v) is 2.03. The highest BCUT2D eigenvalue weighted by atomic mass is 16.1. The molecule has 0 aliphatic heterocycles. The van der Waals surface area contributed by atoms with Gasteiger partial charge in [0, 0.05) is 12.5 Å². The van der Waals surface area contributed by atoms with Crippen molar-refractivity contribution in [2.75, 3.05) is 7.05 Å². The Labute approximate surface area is 104 Å². The predicted molar refractivity (Wildman–Crippen MR) is 72.2 cm³/mol. The van der Waals surface area contributed by atoms with Gasteiger partial charge in [0.05, 0.1) is 0 Å². The van der Waals surface area contributed by atoms with E-state index in [0.29, 0.717) is 6.42 Å². The van der Waals surface area contributed by atoms with Crippen molar-refractivity contribution in [1.29, 1.82) is 0 Å². The van der Waals surface area contributed by atoms with Gasteiger partial charge in [-0.05, 0) is 37.9 Å². The van der Waals surface area contributed by atoms with Crippen LogP contribution in [0.4, 0.5) is 0 Å². The van der Waals surface area contributed by atoms with Gasteiger partial charge in [-0.25, -0.2) is 0 Å². The molecule has 1 atom stereocenters. The molecule has 17 heavy (non-hydrogen) atoms. The molecule has 1 aromatic carbocycles. The summed E-state index contributed by atoms with van der Waals surface area (Å²) in [5, 5.41) is 3.27. The van der Waals surface area contributed by atoms with Crippen LogP contribution in [0.3, 0.4) is 0 Å². The van der Waals surface area contributed by atoms with E-state index in [0.717, 1.165) is 12.8 Å². The van der Waals surface area contributed by atoms with E-state index < -0.39 is 0 Å². The topological polar surface area (TPSA) is 29.1 Å². The van der Waals surface area contributed by atoms with Gasteiger partial charge in [-0.1, -0.05) is 37.6 Å². The third-order valence-electron chi connectivity index (χ3n) is 3.05. The van der Waals surface area contributed by atoms with Crippen LogP contribution in [0.15, 0.2) is 24.3 Å². The van der Waals surface area contributed by atoms with E-state index in [1.54, 1.807) is 6.92 Å². The first-order valence-corrected chi connectivity index (χ1v) is 6.43. The largest absolute Gasteiger partial charge is 0.313 e. The minimum Gasteiger partial charge on any atom is -0.313 e. The van der Waals surface area contributed by atoms with Crippen molar-refractivity contribution in [2.45, 2.75) is 45.6 Å². The van der Waals surface area contributed by atoms with Crippen molar-refractivity contribution in [3.63, 3.8) is 0 Å². The Morgan fingerprint density at radius 3 is 2.41 bits per heavy atom. The molecular weight excluding hydrogens is 210 g/mol. The van der Waals surface area contributed by atoms with Crippen molar-refractivity contribution in [1.82, 2.24) is 5.32 Å². The van der Waals surface area contributed by atoms with Crippen molar-refractivity contribution in [3.05, 3.63) is 35.4 Å². The standard InChI is InChI=1S/C15H23NO/c1-4-5-13-7-9-14(10-8-13)15(16-3)11-6-12(2)17/h7-10,15-16H,4-6,11H2,1-3H3. The molecular formula is C15H23NO. The lowest BCUT2D eigenvalue weighted by atomic mass is 9.99. The van der Waals surface area contributed by atoms with Crippen molar-refractivity contribution in [3.8, 4) is 0 Å². The maximum Gasteiger partial charge on any atom is 0.129 e. The van der Waals surface area contributed by atoms with Crippen LogP contribution in [0, 0.1) is 0 Å². The molecule has 0 saturated heterocycles. The van der Waals surface area contributed by atoms with Crippen LogP contribution < -0.4 is 5.32 Å². The normalized spacial score (nSPS) is 12.4. The third-order valence-corrected chi connectivity index (χ3v) is 3.05. The van der Waals surface area contributed by atoms with Gasteiger partial charge < -0.3 is 10.1 Å². The first kappa shape index (κ1) is 13.9. The minimum absolute atomic E-state index is 0.257. The number of hydrogen-bond acceptors (Lipinski definition) is 2. The Bertz CT molecular complexity index is 342. The summed E-state index contributed by atoms with van der Waals surface area (Å²) in [7, 11) is 1.95. The lowest BCUT2D eigenvalue weighted by Crippen LogP contribution is -2.17. The average molecular weight is 233 g/mol. The first-order valence-electron chi connectivity index (χ1n) is 6.43. The average Bonchev–Trinajstić information content (AvgIpc) is 2.32. The zero-order valence-electron chi connectivity index (χ0n) is 11.1. The van der Waals surface area contributed by atoms with Gasteiger partial charge in [0.2, 0.25) is 0 Å². The number of aryl methyl sites for hydroxylation is 1. The summed E-state index contributed by atoms with van der Waals surface area (Å²) >= 11 is 0. The lowest BCUT2D eigenvalue weighted by molar-refractivity contribution is -0.117. The molecule has 0 amide bonds. The molecule has 1 rings (SSSR count). The van der Waals surface area contributed by atoms with E-state index in [9.17, 15) is 4.79 Å².